The number of methoxy groups -OCH3 is 1. The van der Waals surface area contributed by atoms with Crippen molar-refractivity contribution in [2.75, 3.05) is 36.6 Å². The number of nitrogens with zero attached hydrogens (tertiary/aromatic N) is 1. The Kier molecular flexibility index (Phi) is 6.73. The summed E-state index contributed by atoms with van der Waals surface area (Å²) >= 11 is 1.37. The van der Waals surface area contributed by atoms with E-state index in [4.69, 9.17) is 0 Å². The van der Waals surface area contributed by atoms with Crippen molar-refractivity contribution < 1.29 is 27.5 Å². The Labute approximate surface area is 195 Å². The quantitative estimate of drug-likeness (QED) is 0.619. The Balaban J connectivity index is 1.37. The molecule has 0 saturated carbocycles. The molecule has 0 aromatic heterocycles. The van der Waals surface area contributed by atoms with Crippen LogP contribution in [-0.4, -0.2) is 56.5 Å². The minimum absolute atomic E-state index is 0.123. The monoisotopic (exact) mass is 489 g/mol. The molecule has 2 heterocycles. The smallest absolute Gasteiger partial charge is 0.337 e. The largest absolute Gasteiger partial charge is 0.465 e. The van der Waals surface area contributed by atoms with Crippen LogP contribution in [0.3, 0.4) is 0 Å². The molecule has 4 rings (SSSR count). The second kappa shape index (κ2) is 9.54. The number of piperidine rings is 1. The summed E-state index contributed by atoms with van der Waals surface area (Å²) in [6.45, 7) is 0.444. The second-order valence-electron chi connectivity index (χ2n) is 7.73. The number of carbonyl (C=O) groups is 3. The van der Waals surface area contributed by atoms with Crippen molar-refractivity contribution in [3.63, 3.8) is 0 Å². The van der Waals surface area contributed by atoms with E-state index in [-0.39, 0.29) is 35.7 Å². The van der Waals surface area contributed by atoms with E-state index in [0.29, 0.717) is 35.5 Å². The minimum Gasteiger partial charge on any atom is -0.465 e. The van der Waals surface area contributed by atoms with Crippen LogP contribution < -0.4 is 10.6 Å². The van der Waals surface area contributed by atoms with E-state index in [9.17, 15) is 22.8 Å². The van der Waals surface area contributed by atoms with Gasteiger partial charge in [-0.2, -0.15) is 4.31 Å². The van der Waals surface area contributed by atoms with Gasteiger partial charge in [-0.15, -0.1) is 11.8 Å². The predicted octanol–water partition coefficient (Wildman–Crippen LogP) is 2.56. The number of fused-ring (bicyclic) bond motifs is 1. The Morgan fingerprint density at radius 2 is 1.82 bits per heavy atom. The average Bonchev–Trinajstić information content (AvgIpc) is 2.83. The van der Waals surface area contributed by atoms with Gasteiger partial charge in [-0.25, -0.2) is 13.2 Å². The third kappa shape index (κ3) is 5.05. The standard InChI is InChI=1S/C22H23N3O6S2/c1-31-22(28)15-2-4-16(5-3-15)23-21(27)14-8-10-25(11-9-14)33(29,30)17-6-7-19-18(12-17)24-20(26)13-32-19/h2-7,12,14H,8-11,13H2,1H3,(H,23,27)(H,24,26). The number of thioether (sulfide) groups is 1. The zero-order valence-corrected chi connectivity index (χ0v) is 19.5. The summed E-state index contributed by atoms with van der Waals surface area (Å²) in [5.41, 5.74) is 1.44. The number of hydrogen-bond donors (Lipinski definition) is 2. The molecule has 2 aliphatic rings. The Morgan fingerprint density at radius 3 is 2.48 bits per heavy atom. The molecule has 9 nitrogen and oxygen atoms in total. The summed E-state index contributed by atoms with van der Waals surface area (Å²) in [7, 11) is -2.44. The van der Waals surface area contributed by atoms with Crippen LogP contribution in [-0.2, 0) is 24.3 Å². The Bertz CT molecular complexity index is 1190. The average molecular weight is 490 g/mol. The van der Waals surface area contributed by atoms with Gasteiger partial charge in [0.2, 0.25) is 21.8 Å². The molecule has 2 aromatic rings. The molecular weight excluding hydrogens is 466 g/mol. The van der Waals surface area contributed by atoms with E-state index >= 15 is 0 Å². The highest BCUT2D eigenvalue weighted by molar-refractivity contribution is 8.00. The lowest BCUT2D eigenvalue weighted by Crippen LogP contribution is -2.41. The Hall–Kier alpha value is -2.89. The van der Waals surface area contributed by atoms with Crippen molar-refractivity contribution in [2.24, 2.45) is 5.92 Å². The molecule has 0 spiro atoms. The van der Waals surface area contributed by atoms with E-state index in [0.717, 1.165) is 4.90 Å². The highest BCUT2D eigenvalue weighted by Gasteiger charge is 2.33. The van der Waals surface area contributed by atoms with Gasteiger partial charge >= 0.3 is 5.97 Å². The molecule has 2 N–H and O–H groups in total. The molecule has 0 atom stereocenters. The molecule has 0 bridgehead atoms. The van der Waals surface area contributed by atoms with Crippen molar-refractivity contribution >= 4 is 50.9 Å². The van der Waals surface area contributed by atoms with E-state index in [1.807, 2.05) is 0 Å². The third-order valence-corrected chi connectivity index (χ3v) is 8.59. The van der Waals surface area contributed by atoms with Crippen molar-refractivity contribution in [1.82, 2.24) is 4.31 Å². The number of ether oxygens (including phenoxy) is 1. The number of hydrogen-bond acceptors (Lipinski definition) is 7. The number of sulfonamides is 1. The highest BCUT2D eigenvalue weighted by Crippen LogP contribution is 2.34. The van der Waals surface area contributed by atoms with E-state index in [1.165, 1.54) is 29.2 Å². The SMILES string of the molecule is COC(=O)c1ccc(NC(=O)C2CCN(S(=O)(=O)c3ccc4c(c3)NC(=O)CS4)CC2)cc1. The first-order valence-electron chi connectivity index (χ1n) is 10.3. The van der Waals surface area contributed by atoms with Crippen LogP contribution in [0.5, 0.6) is 0 Å². The van der Waals surface area contributed by atoms with Crippen molar-refractivity contribution in [3.05, 3.63) is 48.0 Å². The summed E-state index contributed by atoms with van der Waals surface area (Å²) in [5.74, 6) is -0.818. The molecule has 0 unspecified atom stereocenters. The molecule has 1 fully saturated rings. The normalized spacial score (nSPS) is 17.1. The van der Waals surface area contributed by atoms with Gasteiger partial charge in [0.25, 0.3) is 0 Å². The van der Waals surface area contributed by atoms with Crippen LogP contribution in [0.15, 0.2) is 52.3 Å². The number of esters is 1. The van der Waals surface area contributed by atoms with Crippen LogP contribution in [0, 0.1) is 5.92 Å². The van der Waals surface area contributed by atoms with Gasteiger partial charge in [0.15, 0.2) is 0 Å². The lowest BCUT2D eigenvalue weighted by atomic mass is 9.97. The lowest BCUT2D eigenvalue weighted by molar-refractivity contribution is -0.121. The topological polar surface area (TPSA) is 122 Å². The van der Waals surface area contributed by atoms with Gasteiger partial charge in [0.1, 0.15) is 0 Å². The molecule has 33 heavy (non-hydrogen) atoms. The molecule has 1 saturated heterocycles. The van der Waals surface area contributed by atoms with Crippen molar-refractivity contribution in [1.29, 1.82) is 0 Å². The molecule has 0 aliphatic carbocycles. The number of benzene rings is 2. The van der Waals surface area contributed by atoms with Gasteiger partial charge in [-0.05, 0) is 55.3 Å². The summed E-state index contributed by atoms with van der Waals surface area (Å²) in [6.07, 6.45) is 0.783. The maximum absolute atomic E-state index is 13.1. The number of nitrogens with one attached hydrogen (secondary N) is 2. The molecule has 2 aliphatic heterocycles. The first-order chi connectivity index (χ1) is 15.8. The van der Waals surface area contributed by atoms with Crippen LogP contribution >= 0.6 is 11.8 Å². The van der Waals surface area contributed by atoms with Crippen LogP contribution in [0.1, 0.15) is 23.2 Å². The summed E-state index contributed by atoms with van der Waals surface area (Å²) in [5, 5.41) is 5.53. The number of amides is 2. The second-order valence-corrected chi connectivity index (χ2v) is 10.7. The fourth-order valence-corrected chi connectivity index (χ4v) is 6.07. The molecule has 0 radical (unpaired) electrons. The van der Waals surface area contributed by atoms with Crippen LogP contribution in [0.2, 0.25) is 0 Å². The maximum Gasteiger partial charge on any atom is 0.337 e. The van der Waals surface area contributed by atoms with Crippen LogP contribution in [0.25, 0.3) is 0 Å². The predicted molar refractivity (Wildman–Crippen MR) is 124 cm³/mol. The number of anilines is 2. The summed E-state index contributed by atoms with van der Waals surface area (Å²) < 4.78 is 32.2. The van der Waals surface area contributed by atoms with Gasteiger partial charge in [-0.1, -0.05) is 0 Å². The fraction of sp³-hybridized carbons (Fsp3) is 0.318. The van der Waals surface area contributed by atoms with E-state index in [2.05, 4.69) is 15.4 Å². The zero-order chi connectivity index (χ0) is 23.6. The zero-order valence-electron chi connectivity index (χ0n) is 17.9. The lowest BCUT2D eigenvalue weighted by Gasteiger charge is -2.31. The minimum atomic E-state index is -3.74. The maximum atomic E-state index is 13.1. The first-order valence-corrected chi connectivity index (χ1v) is 12.8. The fourth-order valence-electron chi connectivity index (χ4n) is 3.78. The highest BCUT2D eigenvalue weighted by atomic mass is 32.2. The number of rotatable bonds is 5. The van der Waals surface area contributed by atoms with Gasteiger partial charge in [-0.3, -0.25) is 9.59 Å². The summed E-state index contributed by atoms with van der Waals surface area (Å²) in [4.78, 5) is 36.7. The molecule has 2 amide bonds. The van der Waals surface area contributed by atoms with Gasteiger partial charge < -0.3 is 15.4 Å². The van der Waals surface area contributed by atoms with Gasteiger partial charge in [0, 0.05) is 29.6 Å². The third-order valence-electron chi connectivity index (χ3n) is 5.62. The van der Waals surface area contributed by atoms with E-state index in [1.54, 1.807) is 36.4 Å². The first kappa shape index (κ1) is 23.3. The number of carbonyl (C=O) groups excluding carboxylic acids is 3. The molecule has 11 heteroatoms. The molecule has 174 valence electrons. The summed E-state index contributed by atoms with van der Waals surface area (Å²) in [6, 6.07) is 11.1. The van der Waals surface area contributed by atoms with Crippen molar-refractivity contribution in [2.45, 2.75) is 22.6 Å². The molecule has 2 aromatic carbocycles. The Morgan fingerprint density at radius 1 is 1.12 bits per heavy atom. The van der Waals surface area contributed by atoms with Crippen LogP contribution in [0.4, 0.5) is 11.4 Å². The molecular formula is C22H23N3O6S2. The van der Waals surface area contributed by atoms with Crippen molar-refractivity contribution in [3.8, 4) is 0 Å². The van der Waals surface area contributed by atoms with E-state index < -0.39 is 16.0 Å². The van der Waals surface area contributed by atoms with Gasteiger partial charge in [0.05, 0.1) is 29.0 Å².